The van der Waals surface area contributed by atoms with E-state index in [1.165, 1.54) is 27.6 Å². The van der Waals surface area contributed by atoms with Crippen LogP contribution in [0.2, 0.25) is 0 Å². The van der Waals surface area contributed by atoms with Gasteiger partial charge in [0, 0.05) is 34.1 Å². The Morgan fingerprint density at radius 2 is 0.796 bits per heavy atom. The number of para-hydroxylation sites is 1. The Labute approximate surface area is 315 Å². The average molecular weight is 690 g/mol. The molecule has 9 aromatic rings. The molecule has 0 atom stereocenters. The minimum Gasteiger partial charge on any atom is -0.456 e. The van der Waals surface area contributed by atoms with Gasteiger partial charge in [-0.2, -0.15) is 0 Å². The van der Waals surface area contributed by atoms with Gasteiger partial charge in [0.25, 0.3) is 0 Å². The number of nitrogens with zero attached hydrogens (tertiary/aromatic N) is 1. The van der Waals surface area contributed by atoms with Gasteiger partial charge in [-0.15, -0.1) is 0 Å². The monoisotopic (exact) mass is 689 g/mol. The van der Waals surface area contributed by atoms with Crippen LogP contribution >= 0.6 is 0 Å². The minimum atomic E-state index is 0.816. The zero-order valence-corrected chi connectivity index (χ0v) is 29.6. The van der Waals surface area contributed by atoms with Crippen LogP contribution in [0, 0.1) is 0 Å². The maximum absolute atomic E-state index is 7.07. The Kier molecular flexibility index (Phi) is 7.85. The van der Waals surface area contributed by atoms with Crippen LogP contribution in [0.1, 0.15) is 0 Å². The van der Waals surface area contributed by atoms with Crippen LogP contribution in [0.5, 0.6) is 11.5 Å². The molecular formula is C52H35NO. The second kappa shape index (κ2) is 13.4. The number of anilines is 3. The van der Waals surface area contributed by atoms with E-state index >= 15 is 0 Å². The van der Waals surface area contributed by atoms with Crippen molar-refractivity contribution in [2.75, 3.05) is 4.90 Å². The minimum absolute atomic E-state index is 0.816. The summed E-state index contributed by atoms with van der Waals surface area (Å²) in [6, 6.07) is 75.8. The van der Waals surface area contributed by atoms with E-state index in [0.717, 1.165) is 67.3 Å². The molecule has 54 heavy (non-hydrogen) atoms. The van der Waals surface area contributed by atoms with Crippen molar-refractivity contribution in [3.05, 3.63) is 212 Å². The lowest BCUT2D eigenvalue weighted by Gasteiger charge is -2.29. The summed E-state index contributed by atoms with van der Waals surface area (Å²) in [6.45, 7) is 0. The first-order valence-corrected chi connectivity index (χ1v) is 18.4. The van der Waals surface area contributed by atoms with Crippen molar-refractivity contribution in [1.29, 1.82) is 0 Å². The van der Waals surface area contributed by atoms with E-state index in [1.54, 1.807) is 0 Å². The Bertz CT molecular complexity index is 2770. The number of rotatable bonds is 6. The molecule has 10 rings (SSSR count). The molecule has 1 aliphatic rings. The first-order chi connectivity index (χ1) is 26.8. The van der Waals surface area contributed by atoms with Crippen LogP contribution in [0.15, 0.2) is 212 Å². The smallest absolute Gasteiger partial charge is 0.137 e. The maximum atomic E-state index is 7.07. The highest BCUT2D eigenvalue weighted by Crippen LogP contribution is 2.51. The molecule has 0 aliphatic carbocycles. The maximum Gasteiger partial charge on any atom is 0.137 e. The summed E-state index contributed by atoms with van der Waals surface area (Å²) in [5.74, 6) is 1.66. The number of fused-ring (bicyclic) bond motifs is 6. The topological polar surface area (TPSA) is 12.5 Å². The fourth-order valence-corrected chi connectivity index (χ4v) is 7.79. The standard InChI is InChI=1S/C52H35NO/c1-4-14-36(15-5-1)38-24-27-43(28-25-38)53(50-23-13-12-22-45(50)39-18-8-3-9-19-39)44-29-31-47-48-32-42(37-16-6-2-7-17-37)26-30-46(48)49-33-40-20-10-11-21-41(40)34-51(49)54-52(47)35-44/h1-35H. The van der Waals surface area contributed by atoms with Gasteiger partial charge in [0.1, 0.15) is 11.5 Å². The summed E-state index contributed by atoms with van der Waals surface area (Å²) in [7, 11) is 0. The second-order valence-electron chi connectivity index (χ2n) is 13.7. The number of ether oxygens (including phenoxy) is 1. The fourth-order valence-electron chi connectivity index (χ4n) is 7.79. The van der Waals surface area contributed by atoms with Crippen molar-refractivity contribution in [2.24, 2.45) is 0 Å². The molecule has 0 aromatic heterocycles. The molecule has 254 valence electrons. The molecule has 0 fully saturated rings. The molecule has 1 aliphatic heterocycles. The molecule has 2 nitrogen and oxygen atoms in total. The molecule has 0 spiro atoms. The van der Waals surface area contributed by atoms with Crippen molar-refractivity contribution < 1.29 is 4.74 Å². The molecule has 0 N–H and O–H groups in total. The average Bonchev–Trinajstić information content (AvgIpc) is 3.37. The molecule has 9 aromatic carbocycles. The van der Waals surface area contributed by atoms with E-state index in [1.807, 2.05) is 0 Å². The normalized spacial score (nSPS) is 11.5. The molecule has 1 heterocycles. The van der Waals surface area contributed by atoms with Crippen LogP contribution < -0.4 is 9.64 Å². The summed E-state index contributed by atoms with van der Waals surface area (Å²) in [5, 5.41) is 2.34. The van der Waals surface area contributed by atoms with Crippen LogP contribution in [0.3, 0.4) is 0 Å². The van der Waals surface area contributed by atoms with Crippen molar-refractivity contribution >= 4 is 27.8 Å². The van der Waals surface area contributed by atoms with Crippen LogP contribution in [0.25, 0.3) is 66.4 Å². The second-order valence-corrected chi connectivity index (χ2v) is 13.7. The zero-order valence-electron chi connectivity index (χ0n) is 29.6. The summed E-state index contributed by atoms with van der Waals surface area (Å²) in [4.78, 5) is 2.36. The Hall–Kier alpha value is -7.16. The van der Waals surface area contributed by atoms with Gasteiger partial charge in [-0.25, -0.2) is 0 Å². The van der Waals surface area contributed by atoms with Crippen molar-refractivity contribution in [2.45, 2.75) is 0 Å². The molecule has 0 bridgehead atoms. The van der Waals surface area contributed by atoms with Gasteiger partial charge in [0.15, 0.2) is 0 Å². The highest BCUT2D eigenvalue weighted by Gasteiger charge is 2.25. The lowest BCUT2D eigenvalue weighted by atomic mass is 9.90. The van der Waals surface area contributed by atoms with E-state index in [-0.39, 0.29) is 0 Å². The summed E-state index contributed by atoms with van der Waals surface area (Å²) < 4.78 is 7.07. The molecular weight excluding hydrogens is 655 g/mol. The van der Waals surface area contributed by atoms with Crippen LogP contribution in [-0.2, 0) is 0 Å². The van der Waals surface area contributed by atoms with Crippen molar-refractivity contribution in [3.8, 4) is 67.1 Å². The van der Waals surface area contributed by atoms with Gasteiger partial charge >= 0.3 is 0 Å². The Morgan fingerprint density at radius 3 is 1.52 bits per heavy atom. The van der Waals surface area contributed by atoms with Gasteiger partial charge in [-0.05, 0) is 98.2 Å². The first kappa shape index (κ1) is 31.6. The van der Waals surface area contributed by atoms with Gasteiger partial charge in [-0.1, -0.05) is 158 Å². The van der Waals surface area contributed by atoms with Gasteiger partial charge < -0.3 is 9.64 Å². The van der Waals surface area contributed by atoms with Crippen LogP contribution in [0.4, 0.5) is 17.1 Å². The summed E-state index contributed by atoms with van der Waals surface area (Å²) in [5.41, 5.74) is 14.6. The third-order valence-electron chi connectivity index (χ3n) is 10.5. The third-order valence-corrected chi connectivity index (χ3v) is 10.5. The number of benzene rings is 9. The highest BCUT2D eigenvalue weighted by molar-refractivity contribution is 5.99. The van der Waals surface area contributed by atoms with Gasteiger partial charge in [0.2, 0.25) is 0 Å². The molecule has 0 amide bonds. The largest absolute Gasteiger partial charge is 0.456 e. The number of hydrogen-bond acceptors (Lipinski definition) is 2. The quantitative estimate of drug-likeness (QED) is 0.172. The fraction of sp³-hybridized carbons (Fsp3) is 0. The lowest BCUT2D eigenvalue weighted by molar-refractivity contribution is 0.488. The van der Waals surface area contributed by atoms with E-state index in [9.17, 15) is 0 Å². The van der Waals surface area contributed by atoms with E-state index in [0.29, 0.717) is 0 Å². The van der Waals surface area contributed by atoms with Crippen LogP contribution in [-0.4, -0.2) is 0 Å². The molecule has 0 radical (unpaired) electrons. The zero-order chi connectivity index (χ0) is 35.8. The summed E-state index contributed by atoms with van der Waals surface area (Å²) in [6.07, 6.45) is 0. The Balaban J connectivity index is 1.18. The van der Waals surface area contributed by atoms with Gasteiger partial charge in [0.05, 0.1) is 5.69 Å². The number of hydrogen-bond donors (Lipinski definition) is 0. The molecule has 0 saturated heterocycles. The SMILES string of the molecule is c1ccc(-c2ccc(N(c3ccc4c(c3)Oc3cc5ccccc5cc3-c3ccc(-c5ccccc5)cc3-4)c3ccccc3-c3ccccc3)cc2)cc1. The Morgan fingerprint density at radius 1 is 0.278 bits per heavy atom. The van der Waals surface area contributed by atoms with Crippen molar-refractivity contribution in [1.82, 2.24) is 0 Å². The van der Waals surface area contributed by atoms with Gasteiger partial charge in [-0.3, -0.25) is 0 Å². The third kappa shape index (κ3) is 5.71. The first-order valence-electron chi connectivity index (χ1n) is 18.4. The molecule has 0 saturated carbocycles. The molecule has 2 heteroatoms. The van der Waals surface area contributed by atoms with E-state index in [2.05, 4.69) is 217 Å². The predicted octanol–water partition coefficient (Wildman–Crippen LogP) is 14.8. The highest BCUT2D eigenvalue weighted by atomic mass is 16.5. The molecule has 0 unspecified atom stereocenters. The lowest BCUT2D eigenvalue weighted by Crippen LogP contribution is -2.11. The summed E-state index contributed by atoms with van der Waals surface area (Å²) >= 11 is 0. The van der Waals surface area contributed by atoms with E-state index < -0.39 is 0 Å². The van der Waals surface area contributed by atoms with E-state index in [4.69, 9.17) is 4.74 Å². The predicted molar refractivity (Wildman–Crippen MR) is 226 cm³/mol. The van der Waals surface area contributed by atoms with Crippen molar-refractivity contribution in [3.63, 3.8) is 0 Å².